The zero-order chi connectivity index (χ0) is 19.1. The molecule has 2 aliphatic rings. The second-order valence-corrected chi connectivity index (χ2v) is 7.42. The quantitative estimate of drug-likeness (QED) is 0.843. The number of nitrogens with one attached hydrogen (secondary N) is 1. The molecule has 0 unspecified atom stereocenters. The Kier molecular flexibility index (Phi) is 6.89. The van der Waals surface area contributed by atoms with E-state index in [4.69, 9.17) is 21.6 Å². The number of halogens is 1. The first-order valence-corrected chi connectivity index (χ1v) is 9.90. The second-order valence-electron chi connectivity index (χ2n) is 7.01. The highest BCUT2D eigenvalue weighted by atomic mass is 35.5. The monoisotopic (exact) mass is 385 g/mol. The van der Waals surface area contributed by atoms with E-state index in [1.165, 1.54) is 0 Å². The first kappa shape index (κ1) is 19.4. The molecule has 6 heteroatoms. The lowest BCUT2D eigenvalue weighted by Crippen LogP contribution is -2.40. The Hall–Kier alpha value is -2.32. The lowest BCUT2D eigenvalue weighted by atomic mass is 9.92. The minimum atomic E-state index is -0.0242. The molecule has 0 atom stereocenters. The Morgan fingerprint density at radius 2 is 2.07 bits per heavy atom. The van der Waals surface area contributed by atoms with E-state index in [2.05, 4.69) is 10.3 Å². The molecule has 1 fully saturated rings. The number of carbonyl (C=O) groups excluding carboxylic acids is 1. The van der Waals surface area contributed by atoms with Crippen molar-refractivity contribution >= 4 is 23.7 Å². The van der Waals surface area contributed by atoms with Crippen LogP contribution in [0.5, 0.6) is 5.75 Å². The Morgan fingerprint density at radius 1 is 1.26 bits per heavy atom. The number of allylic oxidation sites excluding steroid dienone is 1. The zero-order valence-corrected chi connectivity index (χ0v) is 16.0. The van der Waals surface area contributed by atoms with Gasteiger partial charge in [-0.3, -0.25) is 9.79 Å². The topological polar surface area (TPSA) is 74.5 Å². The third-order valence-electron chi connectivity index (χ3n) is 4.97. The van der Waals surface area contributed by atoms with E-state index in [1.54, 1.807) is 24.4 Å². The largest absolute Gasteiger partial charge is 0.490 e. The van der Waals surface area contributed by atoms with Gasteiger partial charge in [-0.15, -0.1) is 0 Å². The Labute approximate surface area is 165 Å². The summed E-state index contributed by atoms with van der Waals surface area (Å²) in [6.07, 6.45) is 10.4. The molecule has 1 aliphatic carbocycles. The van der Waals surface area contributed by atoms with Gasteiger partial charge in [0.05, 0.1) is 22.3 Å². The van der Waals surface area contributed by atoms with Gasteiger partial charge in [-0.2, -0.15) is 5.26 Å². The summed E-state index contributed by atoms with van der Waals surface area (Å²) in [6.45, 7) is 0.798. The first-order valence-electron chi connectivity index (χ1n) is 9.53. The van der Waals surface area contributed by atoms with Crippen LogP contribution in [0.25, 0.3) is 0 Å². The van der Waals surface area contributed by atoms with Gasteiger partial charge in [0.2, 0.25) is 0 Å². The van der Waals surface area contributed by atoms with Crippen LogP contribution in [0.4, 0.5) is 0 Å². The van der Waals surface area contributed by atoms with Crippen molar-refractivity contribution in [1.29, 1.82) is 5.26 Å². The molecule has 5 nitrogen and oxygen atoms in total. The molecule has 142 valence electrons. The van der Waals surface area contributed by atoms with E-state index in [9.17, 15) is 4.79 Å². The Balaban J connectivity index is 1.48. The number of benzene rings is 1. The number of carbonyl (C=O) groups is 1. The highest BCUT2D eigenvalue weighted by molar-refractivity contribution is 6.31. The molecular formula is C21H24ClN3O2. The normalized spacial score (nSPS) is 22.7. The van der Waals surface area contributed by atoms with Crippen LogP contribution in [0, 0.1) is 11.3 Å². The summed E-state index contributed by atoms with van der Waals surface area (Å²) in [5, 5.41) is 12.5. The van der Waals surface area contributed by atoms with Gasteiger partial charge in [0.25, 0.3) is 5.91 Å². The van der Waals surface area contributed by atoms with Gasteiger partial charge in [-0.25, -0.2) is 0 Å². The number of nitriles is 1. The number of hydrogen-bond donors (Lipinski definition) is 1. The van der Waals surface area contributed by atoms with Crippen molar-refractivity contribution in [2.24, 2.45) is 4.99 Å². The number of aliphatic imine (C=N–C) groups is 1. The van der Waals surface area contributed by atoms with E-state index in [0.29, 0.717) is 21.9 Å². The van der Waals surface area contributed by atoms with Gasteiger partial charge in [0, 0.05) is 24.9 Å². The first-order chi connectivity index (χ1) is 13.2. The average molecular weight is 386 g/mol. The van der Waals surface area contributed by atoms with Crippen LogP contribution >= 0.6 is 11.6 Å². The van der Waals surface area contributed by atoms with Crippen molar-refractivity contribution in [2.45, 2.75) is 57.1 Å². The molecule has 1 aliphatic heterocycles. The molecule has 1 heterocycles. The molecule has 1 aromatic carbocycles. The van der Waals surface area contributed by atoms with Crippen LogP contribution in [0.2, 0.25) is 5.02 Å². The third kappa shape index (κ3) is 5.58. The molecule has 1 saturated carbocycles. The molecule has 27 heavy (non-hydrogen) atoms. The predicted molar refractivity (Wildman–Crippen MR) is 106 cm³/mol. The Bertz CT molecular complexity index is 774. The van der Waals surface area contributed by atoms with Gasteiger partial charge in [-0.05, 0) is 57.1 Å². The molecule has 0 aromatic heterocycles. The average Bonchev–Trinajstić information content (AvgIpc) is 2.63. The summed E-state index contributed by atoms with van der Waals surface area (Å²) in [5.41, 5.74) is 1.13. The van der Waals surface area contributed by atoms with Crippen LogP contribution < -0.4 is 10.1 Å². The molecule has 0 bridgehead atoms. The molecule has 1 amide bonds. The smallest absolute Gasteiger partial charge is 0.252 e. The summed E-state index contributed by atoms with van der Waals surface area (Å²) in [4.78, 5) is 16.8. The lowest BCUT2D eigenvalue weighted by Gasteiger charge is -2.29. The van der Waals surface area contributed by atoms with Gasteiger partial charge in [0.1, 0.15) is 11.8 Å². The molecule has 3 rings (SSSR count). The Morgan fingerprint density at radius 3 is 2.81 bits per heavy atom. The highest BCUT2D eigenvalue weighted by Crippen LogP contribution is 2.27. The van der Waals surface area contributed by atoms with Crippen molar-refractivity contribution in [3.63, 3.8) is 0 Å². The summed E-state index contributed by atoms with van der Waals surface area (Å²) < 4.78 is 6.00. The standard InChI is InChI=1S/C21H24ClN3O2/c22-20-12-19(8-5-15(20)13-23)27-18-9-6-17(7-10-18)25-21(26)16-4-2-1-3-11-24-14-16/h4-5,8,12,14,17-18H,1-3,6-7,9-11H2,(H,25,26). The lowest BCUT2D eigenvalue weighted by molar-refractivity contribution is -0.118. The molecule has 0 saturated heterocycles. The summed E-state index contributed by atoms with van der Waals surface area (Å²) in [7, 11) is 0. The van der Waals surface area contributed by atoms with Crippen LogP contribution in [0.1, 0.15) is 50.5 Å². The summed E-state index contributed by atoms with van der Waals surface area (Å²) in [6, 6.07) is 7.35. The minimum Gasteiger partial charge on any atom is -0.490 e. The van der Waals surface area contributed by atoms with Gasteiger partial charge in [-0.1, -0.05) is 17.7 Å². The summed E-state index contributed by atoms with van der Waals surface area (Å²) >= 11 is 6.06. The predicted octanol–water partition coefficient (Wildman–Crippen LogP) is 4.20. The van der Waals surface area contributed by atoms with Crippen LogP contribution in [-0.2, 0) is 4.79 Å². The minimum absolute atomic E-state index is 0.0242. The molecule has 0 spiro atoms. The maximum absolute atomic E-state index is 12.5. The number of hydrogen-bond acceptors (Lipinski definition) is 4. The fourth-order valence-corrected chi connectivity index (χ4v) is 3.63. The molecule has 1 N–H and O–H groups in total. The van der Waals surface area contributed by atoms with E-state index in [1.807, 2.05) is 12.1 Å². The highest BCUT2D eigenvalue weighted by Gasteiger charge is 2.24. The van der Waals surface area contributed by atoms with E-state index in [0.717, 1.165) is 51.5 Å². The van der Waals surface area contributed by atoms with Crippen molar-refractivity contribution in [3.05, 3.63) is 40.4 Å². The van der Waals surface area contributed by atoms with Crippen molar-refractivity contribution < 1.29 is 9.53 Å². The number of amides is 1. The molecular weight excluding hydrogens is 362 g/mol. The maximum Gasteiger partial charge on any atom is 0.252 e. The fourth-order valence-electron chi connectivity index (χ4n) is 3.42. The molecule has 1 aromatic rings. The number of nitrogens with zero attached hydrogens (tertiary/aromatic N) is 2. The third-order valence-corrected chi connectivity index (χ3v) is 5.28. The van der Waals surface area contributed by atoms with E-state index >= 15 is 0 Å². The molecule has 0 radical (unpaired) electrons. The summed E-state index contributed by atoms with van der Waals surface area (Å²) in [5.74, 6) is 0.659. The maximum atomic E-state index is 12.5. The number of rotatable bonds is 4. The van der Waals surface area contributed by atoms with Gasteiger partial charge >= 0.3 is 0 Å². The van der Waals surface area contributed by atoms with E-state index < -0.39 is 0 Å². The van der Waals surface area contributed by atoms with E-state index in [-0.39, 0.29) is 18.1 Å². The van der Waals surface area contributed by atoms with Crippen molar-refractivity contribution in [3.8, 4) is 11.8 Å². The SMILES string of the molecule is N#Cc1ccc(OC2CCC(NC(=O)C3=CCCCCN=C3)CC2)cc1Cl. The fraction of sp³-hybridized carbons (Fsp3) is 0.476. The van der Waals surface area contributed by atoms with Crippen molar-refractivity contribution in [2.75, 3.05) is 6.54 Å². The van der Waals surface area contributed by atoms with Gasteiger partial charge < -0.3 is 10.1 Å². The van der Waals surface area contributed by atoms with Crippen LogP contribution in [0.15, 0.2) is 34.8 Å². The van der Waals surface area contributed by atoms with Crippen LogP contribution in [0.3, 0.4) is 0 Å². The van der Waals surface area contributed by atoms with Crippen molar-refractivity contribution in [1.82, 2.24) is 5.32 Å². The number of ether oxygens (including phenoxy) is 1. The van der Waals surface area contributed by atoms with Gasteiger partial charge in [0.15, 0.2) is 0 Å². The van der Waals surface area contributed by atoms with Crippen LogP contribution in [-0.4, -0.2) is 30.8 Å². The zero-order valence-electron chi connectivity index (χ0n) is 15.3. The second kappa shape index (κ2) is 9.57.